The number of aliphatic hydroxyl groups is 1. The third-order valence-corrected chi connectivity index (χ3v) is 4.01. The predicted octanol–water partition coefficient (Wildman–Crippen LogP) is 4.82. The SMILES string of the molecule is COc1cccc(-c2noc(-c3ccc(Cl)cc3Cl)c2CO)c1. The van der Waals surface area contributed by atoms with Gasteiger partial charge in [-0.1, -0.05) is 40.5 Å². The second kappa shape index (κ2) is 6.62. The summed E-state index contributed by atoms with van der Waals surface area (Å²) in [5.41, 5.74) is 2.52. The van der Waals surface area contributed by atoms with Crippen LogP contribution in [-0.4, -0.2) is 17.4 Å². The summed E-state index contributed by atoms with van der Waals surface area (Å²) >= 11 is 12.1. The minimum atomic E-state index is -0.232. The summed E-state index contributed by atoms with van der Waals surface area (Å²) < 4.78 is 10.7. The molecule has 0 amide bonds. The van der Waals surface area contributed by atoms with Gasteiger partial charge in [0.05, 0.1) is 24.3 Å². The maximum atomic E-state index is 9.78. The number of hydrogen-bond donors (Lipinski definition) is 1. The largest absolute Gasteiger partial charge is 0.497 e. The molecule has 4 nitrogen and oxygen atoms in total. The van der Waals surface area contributed by atoms with Crippen LogP contribution in [0.3, 0.4) is 0 Å². The molecule has 0 bridgehead atoms. The highest BCUT2D eigenvalue weighted by Crippen LogP contribution is 2.37. The average Bonchev–Trinajstić information content (AvgIpc) is 2.98. The van der Waals surface area contributed by atoms with Crippen molar-refractivity contribution in [2.45, 2.75) is 6.61 Å². The highest BCUT2D eigenvalue weighted by atomic mass is 35.5. The number of ether oxygens (including phenoxy) is 1. The van der Waals surface area contributed by atoms with E-state index in [1.165, 1.54) is 0 Å². The first kappa shape index (κ1) is 15.9. The number of benzene rings is 2. The number of halogens is 2. The second-order valence-corrected chi connectivity index (χ2v) is 5.70. The van der Waals surface area contributed by atoms with Crippen LogP contribution in [0.25, 0.3) is 22.6 Å². The fourth-order valence-corrected chi connectivity index (χ4v) is 2.83. The van der Waals surface area contributed by atoms with Gasteiger partial charge < -0.3 is 14.4 Å². The lowest BCUT2D eigenvalue weighted by Crippen LogP contribution is -1.90. The van der Waals surface area contributed by atoms with Crippen molar-refractivity contribution in [1.82, 2.24) is 5.16 Å². The van der Waals surface area contributed by atoms with E-state index in [1.807, 2.05) is 24.3 Å². The predicted molar refractivity (Wildman–Crippen MR) is 89.9 cm³/mol. The van der Waals surface area contributed by atoms with Gasteiger partial charge in [-0.05, 0) is 30.3 Å². The summed E-state index contributed by atoms with van der Waals surface area (Å²) in [5, 5.41) is 14.8. The molecule has 0 saturated carbocycles. The first-order valence-electron chi connectivity index (χ1n) is 6.83. The molecule has 23 heavy (non-hydrogen) atoms. The number of aromatic nitrogens is 1. The molecule has 0 aliphatic carbocycles. The van der Waals surface area contributed by atoms with Crippen molar-refractivity contribution in [3.8, 4) is 28.3 Å². The molecule has 0 atom stereocenters. The van der Waals surface area contributed by atoms with Gasteiger partial charge in [-0.3, -0.25) is 0 Å². The molecule has 0 aliphatic rings. The smallest absolute Gasteiger partial charge is 0.174 e. The van der Waals surface area contributed by atoms with Crippen molar-refractivity contribution in [2.75, 3.05) is 7.11 Å². The molecule has 0 radical (unpaired) electrons. The molecule has 0 fully saturated rings. The monoisotopic (exact) mass is 349 g/mol. The lowest BCUT2D eigenvalue weighted by molar-refractivity contribution is 0.281. The average molecular weight is 350 g/mol. The molecule has 2 aromatic carbocycles. The van der Waals surface area contributed by atoms with Gasteiger partial charge >= 0.3 is 0 Å². The zero-order valence-electron chi connectivity index (χ0n) is 12.2. The van der Waals surface area contributed by atoms with Gasteiger partial charge in [0, 0.05) is 16.1 Å². The molecule has 1 aromatic heterocycles. The number of methoxy groups -OCH3 is 1. The van der Waals surface area contributed by atoms with E-state index in [4.69, 9.17) is 32.5 Å². The van der Waals surface area contributed by atoms with E-state index < -0.39 is 0 Å². The van der Waals surface area contributed by atoms with Gasteiger partial charge in [0.25, 0.3) is 0 Å². The van der Waals surface area contributed by atoms with Crippen molar-refractivity contribution in [2.24, 2.45) is 0 Å². The van der Waals surface area contributed by atoms with Crippen LogP contribution < -0.4 is 4.74 Å². The van der Waals surface area contributed by atoms with Crippen LogP contribution in [0, 0.1) is 0 Å². The standard InChI is InChI=1S/C17H13Cl2NO3/c1-22-12-4-2-3-10(7-12)16-14(9-21)17(23-20-16)13-6-5-11(18)8-15(13)19/h2-8,21H,9H2,1H3. The number of aliphatic hydroxyl groups excluding tert-OH is 1. The normalized spacial score (nSPS) is 10.8. The molecule has 3 rings (SSSR count). The Hall–Kier alpha value is -2.01. The molecular weight excluding hydrogens is 337 g/mol. The van der Waals surface area contributed by atoms with Crippen LogP contribution >= 0.6 is 23.2 Å². The van der Waals surface area contributed by atoms with Gasteiger partial charge in [0.2, 0.25) is 0 Å². The fraction of sp³-hybridized carbons (Fsp3) is 0.118. The van der Waals surface area contributed by atoms with Crippen LogP contribution in [0.4, 0.5) is 0 Å². The highest BCUT2D eigenvalue weighted by Gasteiger charge is 2.20. The van der Waals surface area contributed by atoms with Crippen molar-refractivity contribution in [3.63, 3.8) is 0 Å². The molecule has 6 heteroatoms. The number of nitrogens with zero attached hydrogens (tertiary/aromatic N) is 1. The Morgan fingerprint density at radius 3 is 2.70 bits per heavy atom. The molecule has 0 aliphatic heterocycles. The van der Waals surface area contributed by atoms with Gasteiger partial charge in [-0.2, -0.15) is 0 Å². The Kier molecular flexibility index (Phi) is 4.57. The Morgan fingerprint density at radius 1 is 1.17 bits per heavy atom. The van der Waals surface area contributed by atoms with E-state index in [0.29, 0.717) is 38.4 Å². The van der Waals surface area contributed by atoms with Gasteiger partial charge in [-0.25, -0.2) is 0 Å². The van der Waals surface area contributed by atoms with Crippen LogP contribution in [0.1, 0.15) is 5.56 Å². The second-order valence-electron chi connectivity index (χ2n) is 4.85. The quantitative estimate of drug-likeness (QED) is 0.733. The van der Waals surface area contributed by atoms with Crippen LogP contribution in [-0.2, 0) is 6.61 Å². The molecule has 0 spiro atoms. The molecule has 1 heterocycles. The molecular formula is C17H13Cl2NO3. The van der Waals surface area contributed by atoms with Crippen LogP contribution in [0.5, 0.6) is 5.75 Å². The van der Waals surface area contributed by atoms with Gasteiger partial charge in [0.15, 0.2) is 5.76 Å². The molecule has 0 saturated heterocycles. The summed E-state index contributed by atoms with van der Waals surface area (Å²) in [6, 6.07) is 12.4. The third-order valence-electron chi connectivity index (χ3n) is 3.47. The fourth-order valence-electron chi connectivity index (χ4n) is 2.34. The topological polar surface area (TPSA) is 55.5 Å². The summed E-state index contributed by atoms with van der Waals surface area (Å²) in [7, 11) is 1.59. The van der Waals surface area contributed by atoms with Crippen molar-refractivity contribution in [1.29, 1.82) is 0 Å². The molecule has 118 valence electrons. The Labute approximate surface area is 143 Å². The van der Waals surface area contributed by atoms with Crippen LogP contribution in [0.2, 0.25) is 10.0 Å². The van der Waals surface area contributed by atoms with Crippen molar-refractivity contribution in [3.05, 3.63) is 58.1 Å². The highest BCUT2D eigenvalue weighted by molar-refractivity contribution is 6.36. The zero-order chi connectivity index (χ0) is 16.4. The summed E-state index contributed by atoms with van der Waals surface area (Å²) in [6.45, 7) is -0.232. The lowest BCUT2D eigenvalue weighted by Gasteiger charge is -2.05. The molecule has 3 aromatic rings. The summed E-state index contributed by atoms with van der Waals surface area (Å²) in [6.07, 6.45) is 0. The molecule has 0 unspecified atom stereocenters. The van der Waals surface area contributed by atoms with E-state index in [-0.39, 0.29) is 6.61 Å². The first-order valence-corrected chi connectivity index (χ1v) is 7.59. The van der Waals surface area contributed by atoms with E-state index in [0.717, 1.165) is 5.56 Å². The van der Waals surface area contributed by atoms with Gasteiger partial charge in [-0.15, -0.1) is 0 Å². The van der Waals surface area contributed by atoms with E-state index in [1.54, 1.807) is 25.3 Å². The number of hydrogen-bond acceptors (Lipinski definition) is 4. The van der Waals surface area contributed by atoms with Crippen molar-refractivity contribution >= 4 is 23.2 Å². The Balaban J connectivity index is 2.13. The van der Waals surface area contributed by atoms with E-state index in [2.05, 4.69) is 5.16 Å². The maximum absolute atomic E-state index is 9.78. The van der Waals surface area contributed by atoms with E-state index >= 15 is 0 Å². The van der Waals surface area contributed by atoms with E-state index in [9.17, 15) is 5.11 Å². The first-order chi connectivity index (χ1) is 11.1. The third kappa shape index (κ3) is 3.06. The Bertz CT molecular complexity index is 846. The Morgan fingerprint density at radius 2 is 2.00 bits per heavy atom. The number of rotatable bonds is 4. The molecule has 1 N–H and O–H groups in total. The zero-order valence-corrected chi connectivity index (χ0v) is 13.7. The van der Waals surface area contributed by atoms with Crippen molar-refractivity contribution < 1.29 is 14.4 Å². The lowest BCUT2D eigenvalue weighted by atomic mass is 10.0. The minimum Gasteiger partial charge on any atom is -0.497 e. The summed E-state index contributed by atoms with van der Waals surface area (Å²) in [5.74, 6) is 1.12. The van der Waals surface area contributed by atoms with Crippen LogP contribution in [0.15, 0.2) is 47.0 Å². The maximum Gasteiger partial charge on any atom is 0.174 e. The van der Waals surface area contributed by atoms with Gasteiger partial charge in [0.1, 0.15) is 11.4 Å². The minimum absolute atomic E-state index is 0.232. The summed E-state index contributed by atoms with van der Waals surface area (Å²) in [4.78, 5) is 0.